The van der Waals surface area contributed by atoms with Crippen LogP contribution in [0.15, 0.2) is 188 Å². The highest BCUT2D eigenvalue weighted by Gasteiger charge is 2.52. The standard InChI is InChI=1S/C54H37N/c1-53(2)44-25-11-7-19-37(44)40-31-30-35(32-48(40)53)55(50-29-15-17-34-16-3-4-18-36(34)50)51-33-49-52(42-23-6-5-22-41(42)51)43-24-10-14-28-47(43)54(49)45-26-12-8-20-38(45)39-21-9-13-27-46(39)54/h3-33H,1-2H3. The van der Waals surface area contributed by atoms with E-state index < -0.39 is 5.41 Å². The molecule has 12 rings (SSSR count). The van der Waals surface area contributed by atoms with Crippen molar-refractivity contribution in [3.05, 3.63) is 221 Å². The lowest BCUT2D eigenvalue weighted by Gasteiger charge is -2.34. The maximum atomic E-state index is 2.56. The summed E-state index contributed by atoms with van der Waals surface area (Å²) in [5.41, 5.74) is 19.1. The van der Waals surface area contributed by atoms with Gasteiger partial charge in [0, 0.05) is 21.9 Å². The zero-order chi connectivity index (χ0) is 36.5. The Bertz CT molecular complexity index is 3040. The lowest BCUT2D eigenvalue weighted by atomic mass is 9.70. The van der Waals surface area contributed by atoms with Gasteiger partial charge in [0.15, 0.2) is 0 Å². The third-order valence-electron chi connectivity index (χ3n) is 13.1. The van der Waals surface area contributed by atoms with Gasteiger partial charge in [-0.25, -0.2) is 0 Å². The minimum absolute atomic E-state index is 0.130. The molecule has 258 valence electrons. The number of rotatable bonds is 3. The molecule has 0 saturated heterocycles. The van der Waals surface area contributed by atoms with Gasteiger partial charge in [0.1, 0.15) is 0 Å². The number of fused-ring (bicyclic) bond motifs is 16. The Balaban J connectivity index is 1.22. The third kappa shape index (κ3) is 3.87. The van der Waals surface area contributed by atoms with Crippen molar-refractivity contribution < 1.29 is 0 Å². The fraction of sp³-hybridized carbons (Fsp3) is 0.0741. The minimum Gasteiger partial charge on any atom is -0.309 e. The van der Waals surface area contributed by atoms with E-state index in [1.807, 2.05) is 0 Å². The van der Waals surface area contributed by atoms with Gasteiger partial charge >= 0.3 is 0 Å². The van der Waals surface area contributed by atoms with Crippen LogP contribution in [0.2, 0.25) is 0 Å². The molecule has 0 atom stereocenters. The van der Waals surface area contributed by atoms with E-state index in [-0.39, 0.29) is 5.41 Å². The van der Waals surface area contributed by atoms with Gasteiger partial charge in [-0.1, -0.05) is 178 Å². The first kappa shape index (κ1) is 30.7. The van der Waals surface area contributed by atoms with Crippen molar-refractivity contribution in [3.63, 3.8) is 0 Å². The van der Waals surface area contributed by atoms with Crippen LogP contribution in [0.25, 0.3) is 54.9 Å². The van der Waals surface area contributed by atoms with Crippen molar-refractivity contribution in [1.82, 2.24) is 0 Å². The first-order chi connectivity index (χ1) is 27.1. The van der Waals surface area contributed by atoms with Gasteiger partial charge in [-0.2, -0.15) is 0 Å². The molecule has 1 nitrogen and oxygen atoms in total. The molecule has 0 fully saturated rings. The summed E-state index contributed by atoms with van der Waals surface area (Å²) in [7, 11) is 0. The molecule has 0 aromatic heterocycles. The SMILES string of the molecule is CC1(C)c2ccccc2-c2ccc(N(c3cccc4ccccc34)c3cc4c(c5ccccc35)-c3ccccc3C43c4ccccc4-c4ccccc43)cc21. The van der Waals surface area contributed by atoms with Crippen LogP contribution < -0.4 is 4.90 Å². The minimum atomic E-state index is -0.454. The number of benzene rings is 9. The van der Waals surface area contributed by atoms with Gasteiger partial charge < -0.3 is 4.90 Å². The molecule has 0 radical (unpaired) electrons. The molecule has 0 amide bonds. The van der Waals surface area contributed by atoms with Crippen LogP contribution in [-0.2, 0) is 10.8 Å². The summed E-state index contributed by atoms with van der Waals surface area (Å²) in [6, 6.07) is 70.8. The molecule has 0 bridgehead atoms. The molecule has 3 aliphatic rings. The summed E-state index contributed by atoms with van der Waals surface area (Å²) in [6.07, 6.45) is 0. The molecular formula is C54H37N. The van der Waals surface area contributed by atoms with Crippen molar-refractivity contribution in [2.45, 2.75) is 24.7 Å². The van der Waals surface area contributed by atoms with Crippen LogP contribution in [0.4, 0.5) is 17.1 Å². The summed E-state index contributed by atoms with van der Waals surface area (Å²) in [4.78, 5) is 2.56. The Labute approximate surface area is 321 Å². The predicted octanol–water partition coefficient (Wildman–Crippen LogP) is 14.1. The molecule has 55 heavy (non-hydrogen) atoms. The van der Waals surface area contributed by atoms with Crippen LogP contribution in [0, 0.1) is 0 Å². The molecule has 1 heteroatoms. The fourth-order valence-corrected chi connectivity index (χ4v) is 10.8. The smallest absolute Gasteiger partial charge is 0.0726 e. The Morgan fingerprint density at radius 1 is 0.345 bits per heavy atom. The summed E-state index contributed by atoms with van der Waals surface area (Å²) >= 11 is 0. The zero-order valence-electron chi connectivity index (χ0n) is 30.8. The summed E-state index contributed by atoms with van der Waals surface area (Å²) in [5, 5.41) is 4.98. The predicted molar refractivity (Wildman–Crippen MR) is 230 cm³/mol. The molecule has 3 aliphatic carbocycles. The molecule has 0 heterocycles. The monoisotopic (exact) mass is 699 g/mol. The highest BCUT2D eigenvalue weighted by atomic mass is 15.1. The van der Waals surface area contributed by atoms with Crippen molar-refractivity contribution in [2.75, 3.05) is 4.90 Å². The average molecular weight is 700 g/mol. The number of nitrogens with zero attached hydrogens (tertiary/aromatic N) is 1. The van der Waals surface area contributed by atoms with Crippen molar-refractivity contribution in [1.29, 1.82) is 0 Å². The number of anilines is 3. The molecule has 0 saturated carbocycles. The highest BCUT2D eigenvalue weighted by Crippen LogP contribution is 2.65. The maximum absolute atomic E-state index is 2.56. The van der Waals surface area contributed by atoms with Crippen LogP contribution in [0.5, 0.6) is 0 Å². The highest BCUT2D eigenvalue weighted by molar-refractivity contribution is 6.13. The van der Waals surface area contributed by atoms with E-state index >= 15 is 0 Å². The maximum Gasteiger partial charge on any atom is 0.0726 e. The first-order valence-corrected chi connectivity index (χ1v) is 19.4. The van der Waals surface area contributed by atoms with E-state index in [0.29, 0.717) is 0 Å². The second-order valence-corrected chi connectivity index (χ2v) is 16.0. The van der Waals surface area contributed by atoms with E-state index in [9.17, 15) is 0 Å². The van der Waals surface area contributed by atoms with E-state index in [4.69, 9.17) is 0 Å². The number of hydrogen-bond acceptors (Lipinski definition) is 1. The second-order valence-electron chi connectivity index (χ2n) is 16.0. The number of hydrogen-bond donors (Lipinski definition) is 0. The Morgan fingerprint density at radius 2 is 0.855 bits per heavy atom. The molecule has 0 aliphatic heterocycles. The lowest BCUT2D eigenvalue weighted by molar-refractivity contribution is 0.660. The lowest BCUT2D eigenvalue weighted by Crippen LogP contribution is -2.26. The topological polar surface area (TPSA) is 3.24 Å². The van der Waals surface area contributed by atoms with E-state index in [2.05, 4.69) is 207 Å². The Kier molecular flexibility index (Phi) is 6.11. The van der Waals surface area contributed by atoms with E-state index in [0.717, 1.165) is 5.69 Å². The van der Waals surface area contributed by atoms with Gasteiger partial charge in [0.25, 0.3) is 0 Å². The molecular weight excluding hydrogens is 663 g/mol. The quantitative estimate of drug-likeness (QED) is 0.177. The van der Waals surface area contributed by atoms with E-state index in [1.165, 1.54) is 99.7 Å². The van der Waals surface area contributed by atoms with Crippen molar-refractivity contribution >= 4 is 38.6 Å². The van der Waals surface area contributed by atoms with Gasteiger partial charge in [-0.3, -0.25) is 0 Å². The normalized spacial score (nSPS) is 14.7. The van der Waals surface area contributed by atoms with Crippen LogP contribution >= 0.6 is 0 Å². The van der Waals surface area contributed by atoms with Gasteiger partial charge in [-0.05, 0) is 102 Å². The van der Waals surface area contributed by atoms with Crippen molar-refractivity contribution in [2.24, 2.45) is 0 Å². The molecule has 1 spiro atoms. The fourth-order valence-electron chi connectivity index (χ4n) is 10.8. The molecule has 0 unspecified atom stereocenters. The average Bonchev–Trinajstić information content (AvgIpc) is 3.80. The zero-order valence-corrected chi connectivity index (χ0v) is 30.8. The van der Waals surface area contributed by atoms with Gasteiger partial charge in [0.05, 0.1) is 16.8 Å². The van der Waals surface area contributed by atoms with Gasteiger partial charge in [-0.15, -0.1) is 0 Å². The summed E-state index contributed by atoms with van der Waals surface area (Å²) < 4.78 is 0. The second kappa shape index (κ2) is 10.9. The van der Waals surface area contributed by atoms with E-state index in [1.54, 1.807) is 0 Å². The molecule has 0 N–H and O–H groups in total. The summed E-state index contributed by atoms with van der Waals surface area (Å²) in [5.74, 6) is 0. The third-order valence-corrected chi connectivity index (χ3v) is 13.1. The largest absolute Gasteiger partial charge is 0.309 e. The van der Waals surface area contributed by atoms with Crippen LogP contribution in [0.1, 0.15) is 47.2 Å². The Morgan fingerprint density at radius 3 is 1.56 bits per heavy atom. The summed E-state index contributed by atoms with van der Waals surface area (Å²) in [6.45, 7) is 4.76. The van der Waals surface area contributed by atoms with Crippen LogP contribution in [-0.4, -0.2) is 0 Å². The molecule has 9 aromatic carbocycles. The first-order valence-electron chi connectivity index (χ1n) is 19.4. The van der Waals surface area contributed by atoms with Gasteiger partial charge in [0.2, 0.25) is 0 Å². The molecule has 9 aromatic rings. The van der Waals surface area contributed by atoms with Crippen LogP contribution in [0.3, 0.4) is 0 Å². The van der Waals surface area contributed by atoms with Crippen molar-refractivity contribution in [3.8, 4) is 33.4 Å². The Hall–Kier alpha value is -6.70.